The van der Waals surface area contributed by atoms with Crippen LogP contribution in [-0.4, -0.2) is 25.0 Å². The number of benzene rings is 3. The minimum atomic E-state index is 0.0152. The van der Waals surface area contributed by atoms with Gasteiger partial charge >= 0.3 is 0 Å². The van der Waals surface area contributed by atoms with Crippen molar-refractivity contribution < 1.29 is 4.79 Å². The van der Waals surface area contributed by atoms with Crippen molar-refractivity contribution in [1.29, 1.82) is 0 Å². The SMILES string of the molecule is O=C(NC1CCN(c2ccc(N3Cc4ccccc4C3)cc2)C1)c1ccccc1. The Labute approximate surface area is 171 Å². The summed E-state index contributed by atoms with van der Waals surface area (Å²) >= 11 is 0. The zero-order valence-electron chi connectivity index (χ0n) is 16.4. The van der Waals surface area contributed by atoms with Crippen molar-refractivity contribution >= 4 is 17.3 Å². The number of nitrogens with zero attached hydrogens (tertiary/aromatic N) is 2. The van der Waals surface area contributed by atoms with Crippen LogP contribution in [0, 0.1) is 0 Å². The molecule has 0 aliphatic carbocycles. The Bertz CT molecular complexity index is 975. The summed E-state index contributed by atoms with van der Waals surface area (Å²) in [6.45, 7) is 3.78. The maximum atomic E-state index is 12.4. The zero-order valence-corrected chi connectivity index (χ0v) is 16.4. The Morgan fingerprint density at radius 3 is 2.00 bits per heavy atom. The predicted molar refractivity (Wildman–Crippen MR) is 117 cm³/mol. The summed E-state index contributed by atoms with van der Waals surface area (Å²) in [4.78, 5) is 17.2. The second-order valence-corrected chi connectivity index (χ2v) is 7.91. The van der Waals surface area contributed by atoms with E-state index in [1.807, 2.05) is 30.3 Å². The van der Waals surface area contributed by atoms with E-state index in [1.54, 1.807) is 0 Å². The minimum Gasteiger partial charge on any atom is -0.369 e. The normalized spacial score (nSPS) is 18.0. The van der Waals surface area contributed by atoms with Gasteiger partial charge in [-0.25, -0.2) is 0 Å². The van der Waals surface area contributed by atoms with E-state index in [0.29, 0.717) is 0 Å². The number of carbonyl (C=O) groups excluding carboxylic acids is 1. The summed E-state index contributed by atoms with van der Waals surface area (Å²) in [5.74, 6) is 0.0152. The van der Waals surface area contributed by atoms with E-state index in [9.17, 15) is 4.79 Å². The average Bonchev–Trinajstić information content (AvgIpc) is 3.41. The molecule has 1 fully saturated rings. The van der Waals surface area contributed by atoms with Crippen LogP contribution in [0.4, 0.5) is 11.4 Å². The quantitative estimate of drug-likeness (QED) is 0.733. The summed E-state index contributed by atoms with van der Waals surface area (Å²) < 4.78 is 0. The van der Waals surface area contributed by atoms with Gasteiger partial charge in [0, 0.05) is 49.2 Å². The van der Waals surface area contributed by atoms with E-state index in [2.05, 4.69) is 63.6 Å². The van der Waals surface area contributed by atoms with Crippen LogP contribution in [0.25, 0.3) is 0 Å². The van der Waals surface area contributed by atoms with Gasteiger partial charge in [-0.1, -0.05) is 42.5 Å². The van der Waals surface area contributed by atoms with Crippen LogP contribution >= 0.6 is 0 Å². The van der Waals surface area contributed by atoms with Crippen LogP contribution in [-0.2, 0) is 13.1 Å². The Balaban J connectivity index is 1.20. The lowest BCUT2D eigenvalue weighted by atomic mass is 10.1. The van der Waals surface area contributed by atoms with Crippen LogP contribution in [0.2, 0.25) is 0 Å². The van der Waals surface area contributed by atoms with Gasteiger partial charge in [0.2, 0.25) is 0 Å². The first-order valence-corrected chi connectivity index (χ1v) is 10.3. The highest BCUT2D eigenvalue weighted by Gasteiger charge is 2.25. The summed E-state index contributed by atoms with van der Waals surface area (Å²) in [5, 5.41) is 3.17. The topological polar surface area (TPSA) is 35.6 Å². The molecule has 3 aromatic rings. The van der Waals surface area contributed by atoms with Gasteiger partial charge < -0.3 is 15.1 Å². The molecule has 1 saturated heterocycles. The highest BCUT2D eigenvalue weighted by Crippen LogP contribution is 2.30. The number of anilines is 2. The van der Waals surface area contributed by atoms with Crippen LogP contribution in [0.5, 0.6) is 0 Å². The largest absolute Gasteiger partial charge is 0.369 e. The Kier molecular flexibility index (Phi) is 4.68. The molecule has 2 heterocycles. The van der Waals surface area contributed by atoms with Crippen molar-refractivity contribution in [2.45, 2.75) is 25.6 Å². The molecule has 0 bridgehead atoms. The number of carbonyl (C=O) groups is 1. The van der Waals surface area contributed by atoms with Gasteiger partial charge in [-0.3, -0.25) is 4.79 Å². The lowest BCUT2D eigenvalue weighted by Crippen LogP contribution is -2.37. The van der Waals surface area contributed by atoms with E-state index in [0.717, 1.165) is 38.2 Å². The molecule has 0 saturated carbocycles. The Hall–Kier alpha value is -3.27. The van der Waals surface area contributed by atoms with Crippen molar-refractivity contribution in [2.24, 2.45) is 0 Å². The zero-order chi connectivity index (χ0) is 19.6. The smallest absolute Gasteiger partial charge is 0.251 e. The molecule has 1 N–H and O–H groups in total. The molecule has 0 spiro atoms. The molecule has 3 aromatic carbocycles. The lowest BCUT2D eigenvalue weighted by Gasteiger charge is -2.22. The number of rotatable bonds is 4. The standard InChI is InChI=1S/C25H25N3O/c29-25(19-6-2-1-3-7-19)26-22-14-15-27(18-22)23-10-12-24(13-11-23)28-16-20-8-4-5-9-21(20)17-28/h1-13,22H,14-18H2,(H,26,29). The lowest BCUT2D eigenvalue weighted by molar-refractivity contribution is 0.0940. The van der Waals surface area contributed by atoms with Gasteiger partial charge in [0.15, 0.2) is 0 Å². The number of hydrogen-bond acceptors (Lipinski definition) is 3. The molecule has 5 rings (SSSR count). The molecular formula is C25H25N3O. The van der Waals surface area contributed by atoms with Gasteiger partial charge in [0.25, 0.3) is 5.91 Å². The number of amides is 1. The fraction of sp³-hybridized carbons (Fsp3) is 0.240. The second kappa shape index (κ2) is 7.63. The average molecular weight is 383 g/mol. The predicted octanol–water partition coefficient (Wildman–Crippen LogP) is 4.22. The van der Waals surface area contributed by atoms with Crippen molar-refractivity contribution in [3.8, 4) is 0 Å². The third-order valence-corrected chi connectivity index (χ3v) is 5.98. The molecule has 0 radical (unpaired) electrons. The van der Waals surface area contributed by atoms with Gasteiger partial charge in [-0.2, -0.15) is 0 Å². The monoisotopic (exact) mass is 383 g/mol. The first-order chi connectivity index (χ1) is 14.3. The van der Waals surface area contributed by atoms with Crippen molar-refractivity contribution in [2.75, 3.05) is 22.9 Å². The van der Waals surface area contributed by atoms with E-state index in [-0.39, 0.29) is 11.9 Å². The molecule has 146 valence electrons. The molecule has 2 aliphatic heterocycles. The van der Waals surface area contributed by atoms with E-state index < -0.39 is 0 Å². The summed E-state index contributed by atoms with van der Waals surface area (Å²) in [5.41, 5.74) is 6.06. The summed E-state index contributed by atoms with van der Waals surface area (Å²) in [6, 6.07) is 27.2. The molecular weight excluding hydrogens is 358 g/mol. The number of hydrogen-bond donors (Lipinski definition) is 1. The van der Waals surface area contributed by atoms with Gasteiger partial charge in [0.05, 0.1) is 0 Å². The summed E-state index contributed by atoms with van der Waals surface area (Å²) in [7, 11) is 0. The van der Waals surface area contributed by atoms with Crippen LogP contribution in [0.3, 0.4) is 0 Å². The van der Waals surface area contributed by atoms with E-state index >= 15 is 0 Å². The van der Waals surface area contributed by atoms with Crippen LogP contribution < -0.4 is 15.1 Å². The maximum absolute atomic E-state index is 12.4. The van der Waals surface area contributed by atoms with E-state index in [4.69, 9.17) is 0 Å². The Morgan fingerprint density at radius 1 is 0.759 bits per heavy atom. The third kappa shape index (κ3) is 3.70. The summed E-state index contributed by atoms with van der Waals surface area (Å²) in [6.07, 6.45) is 0.974. The number of nitrogens with one attached hydrogen (secondary N) is 1. The first-order valence-electron chi connectivity index (χ1n) is 10.3. The van der Waals surface area contributed by atoms with Crippen molar-refractivity contribution in [1.82, 2.24) is 5.32 Å². The van der Waals surface area contributed by atoms with Gasteiger partial charge in [-0.15, -0.1) is 0 Å². The molecule has 1 atom stereocenters. The first kappa shape index (κ1) is 17.8. The molecule has 1 amide bonds. The van der Waals surface area contributed by atoms with E-state index in [1.165, 1.54) is 22.5 Å². The molecule has 4 nitrogen and oxygen atoms in total. The molecule has 1 unspecified atom stereocenters. The van der Waals surface area contributed by atoms with Crippen molar-refractivity contribution in [3.63, 3.8) is 0 Å². The number of fused-ring (bicyclic) bond motifs is 1. The fourth-order valence-electron chi connectivity index (χ4n) is 4.36. The third-order valence-electron chi connectivity index (χ3n) is 5.98. The molecule has 0 aromatic heterocycles. The van der Waals surface area contributed by atoms with Gasteiger partial charge in [-0.05, 0) is 53.9 Å². The molecule has 2 aliphatic rings. The highest BCUT2D eigenvalue weighted by atomic mass is 16.1. The second-order valence-electron chi connectivity index (χ2n) is 7.91. The van der Waals surface area contributed by atoms with Crippen LogP contribution in [0.15, 0.2) is 78.9 Å². The maximum Gasteiger partial charge on any atom is 0.251 e. The fourth-order valence-corrected chi connectivity index (χ4v) is 4.36. The van der Waals surface area contributed by atoms with Crippen LogP contribution in [0.1, 0.15) is 27.9 Å². The van der Waals surface area contributed by atoms with Crippen molar-refractivity contribution in [3.05, 3.63) is 95.6 Å². The van der Waals surface area contributed by atoms with Gasteiger partial charge in [0.1, 0.15) is 0 Å². The minimum absolute atomic E-state index is 0.0152. The highest BCUT2D eigenvalue weighted by molar-refractivity contribution is 5.94. The Morgan fingerprint density at radius 2 is 1.34 bits per heavy atom. The molecule has 4 heteroatoms. The molecule has 29 heavy (non-hydrogen) atoms.